The molecule has 0 aliphatic rings. The molecule has 0 spiro atoms. The van der Waals surface area contributed by atoms with E-state index >= 15 is 0 Å². The van der Waals surface area contributed by atoms with Crippen molar-refractivity contribution in [3.63, 3.8) is 0 Å². The Bertz CT molecular complexity index is 106. The number of allylic oxidation sites excluding steroid dienone is 1. The van der Waals surface area contributed by atoms with Crippen LogP contribution in [0.4, 0.5) is 0 Å². The Balaban J connectivity index is 0. The molecule has 0 aromatic heterocycles. The molecule has 0 aliphatic heterocycles. The van der Waals surface area contributed by atoms with E-state index in [0.29, 0.717) is 0 Å². The van der Waals surface area contributed by atoms with Crippen molar-refractivity contribution in [2.75, 3.05) is 0 Å². The lowest BCUT2D eigenvalue weighted by Gasteiger charge is -1.92. The third kappa shape index (κ3) is 27.0. The summed E-state index contributed by atoms with van der Waals surface area (Å²) in [7, 11) is 0. The van der Waals surface area contributed by atoms with Gasteiger partial charge in [0, 0.05) is 6.42 Å². The Hall–Kier alpha value is -0.790. The highest BCUT2D eigenvalue weighted by Gasteiger charge is 1.82. The third-order valence-electron chi connectivity index (χ3n) is 0.941. The van der Waals surface area contributed by atoms with Gasteiger partial charge in [0.15, 0.2) is 0 Å². The van der Waals surface area contributed by atoms with Crippen molar-refractivity contribution in [2.24, 2.45) is 5.92 Å². The molecule has 0 rings (SSSR count). The number of carbonyl (C=O) groups is 1. The van der Waals surface area contributed by atoms with Gasteiger partial charge in [0.2, 0.25) is 0 Å². The molecule has 0 saturated carbocycles. The van der Waals surface area contributed by atoms with Gasteiger partial charge in [0.05, 0.1) is 0 Å². The van der Waals surface area contributed by atoms with Gasteiger partial charge in [-0.2, -0.15) is 0 Å². The van der Waals surface area contributed by atoms with E-state index in [-0.39, 0.29) is 6.42 Å². The predicted octanol–water partition coefficient (Wildman–Crippen LogP) is 2.70. The fourth-order valence-corrected chi connectivity index (χ4v) is 0.333. The standard InChI is InChI=1S/C6H12.C3H6O2/c1-4-5-6(2)3;1-2-3(4)5/h4,6H,1,5H2,2-3H3;2H2,1H3,(H,4,5). The fourth-order valence-electron chi connectivity index (χ4n) is 0.333. The average molecular weight is 158 g/mol. The molecule has 0 bridgehead atoms. The van der Waals surface area contributed by atoms with Gasteiger partial charge in [-0.05, 0) is 12.3 Å². The first kappa shape index (κ1) is 12.8. The van der Waals surface area contributed by atoms with Gasteiger partial charge in [0.1, 0.15) is 0 Å². The molecule has 0 unspecified atom stereocenters. The van der Waals surface area contributed by atoms with Crippen LogP contribution in [-0.4, -0.2) is 11.1 Å². The molecule has 0 heterocycles. The van der Waals surface area contributed by atoms with E-state index in [2.05, 4.69) is 20.4 Å². The van der Waals surface area contributed by atoms with Crippen LogP contribution >= 0.6 is 0 Å². The number of hydrogen-bond donors (Lipinski definition) is 1. The van der Waals surface area contributed by atoms with E-state index < -0.39 is 5.97 Å². The van der Waals surface area contributed by atoms with Crippen molar-refractivity contribution in [3.8, 4) is 0 Å². The highest BCUT2D eigenvalue weighted by atomic mass is 16.4. The number of hydrogen-bond acceptors (Lipinski definition) is 1. The minimum absolute atomic E-state index is 0.222. The summed E-state index contributed by atoms with van der Waals surface area (Å²) < 4.78 is 0. The first-order valence-corrected chi connectivity index (χ1v) is 3.87. The second-order valence-electron chi connectivity index (χ2n) is 2.67. The van der Waals surface area contributed by atoms with E-state index in [1.807, 2.05) is 6.08 Å². The van der Waals surface area contributed by atoms with E-state index in [1.165, 1.54) is 0 Å². The zero-order chi connectivity index (χ0) is 9.28. The Morgan fingerprint density at radius 1 is 1.64 bits per heavy atom. The maximum absolute atomic E-state index is 9.37. The van der Waals surface area contributed by atoms with Gasteiger partial charge >= 0.3 is 5.97 Å². The fraction of sp³-hybridized carbons (Fsp3) is 0.667. The summed E-state index contributed by atoms with van der Waals surface area (Å²) in [5.74, 6) is 0.0347. The summed E-state index contributed by atoms with van der Waals surface area (Å²) >= 11 is 0. The van der Waals surface area contributed by atoms with Crippen molar-refractivity contribution in [3.05, 3.63) is 12.7 Å². The maximum atomic E-state index is 9.37. The van der Waals surface area contributed by atoms with E-state index in [1.54, 1.807) is 6.92 Å². The van der Waals surface area contributed by atoms with Crippen LogP contribution < -0.4 is 0 Å². The summed E-state index contributed by atoms with van der Waals surface area (Å²) in [5, 5.41) is 7.72. The number of rotatable bonds is 3. The van der Waals surface area contributed by atoms with Crippen molar-refractivity contribution in [1.29, 1.82) is 0 Å². The first-order chi connectivity index (χ1) is 5.04. The zero-order valence-electron chi connectivity index (χ0n) is 7.63. The highest BCUT2D eigenvalue weighted by Crippen LogP contribution is 1.96. The van der Waals surface area contributed by atoms with Crippen LogP contribution in [-0.2, 0) is 4.79 Å². The van der Waals surface area contributed by atoms with Crippen LogP contribution in [0.25, 0.3) is 0 Å². The van der Waals surface area contributed by atoms with Crippen LogP contribution in [0.5, 0.6) is 0 Å². The molecule has 0 aromatic rings. The van der Waals surface area contributed by atoms with Crippen LogP contribution in [0.1, 0.15) is 33.6 Å². The van der Waals surface area contributed by atoms with Crippen LogP contribution in [0.3, 0.4) is 0 Å². The van der Waals surface area contributed by atoms with Gasteiger partial charge in [-0.1, -0.05) is 26.8 Å². The SMILES string of the molecule is C=CCC(C)C.CCC(=O)O. The van der Waals surface area contributed by atoms with Gasteiger partial charge < -0.3 is 5.11 Å². The van der Waals surface area contributed by atoms with Gasteiger partial charge in [0.25, 0.3) is 0 Å². The molecule has 2 heteroatoms. The summed E-state index contributed by atoms with van der Waals surface area (Å²) in [6.45, 7) is 9.56. The van der Waals surface area contributed by atoms with Gasteiger partial charge in [-0.15, -0.1) is 6.58 Å². The lowest BCUT2D eigenvalue weighted by molar-refractivity contribution is -0.136. The van der Waals surface area contributed by atoms with Crippen LogP contribution in [0.2, 0.25) is 0 Å². The smallest absolute Gasteiger partial charge is 0.303 e. The molecule has 0 saturated heterocycles. The molecule has 66 valence electrons. The Labute approximate surface area is 68.9 Å². The first-order valence-electron chi connectivity index (χ1n) is 3.87. The van der Waals surface area contributed by atoms with Gasteiger partial charge in [-0.25, -0.2) is 0 Å². The maximum Gasteiger partial charge on any atom is 0.303 e. The van der Waals surface area contributed by atoms with Crippen molar-refractivity contribution < 1.29 is 9.90 Å². The third-order valence-corrected chi connectivity index (χ3v) is 0.941. The van der Waals surface area contributed by atoms with E-state index in [9.17, 15) is 4.79 Å². The quantitative estimate of drug-likeness (QED) is 0.641. The Morgan fingerprint density at radius 2 is 2.00 bits per heavy atom. The van der Waals surface area contributed by atoms with Crippen molar-refractivity contribution in [1.82, 2.24) is 0 Å². The molecular formula is C9H18O2. The summed E-state index contributed by atoms with van der Waals surface area (Å²) in [4.78, 5) is 9.37. The van der Waals surface area contributed by atoms with Crippen molar-refractivity contribution in [2.45, 2.75) is 33.6 Å². The van der Waals surface area contributed by atoms with Crippen LogP contribution in [0.15, 0.2) is 12.7 Å². The highest BCUT2D eigenvalue weighted by molar-refractivity contribution is 5.66. The monoisotopic (exact) mass is 158 g/mol. The van der Waals surface area contributed by atoms with Crippen molar-refractivity contribution >= 4 is 5.97 Å². The molecule has 2 nitrogen and oxygen atoms in total. The minimum Gasteiger partial charge on any atom is -0.481 e. The predicted molar refractivity (Wildman–Crippen MR) is 47.6 cm³/mol. The summed E-state index contributed by atoms with van der Waals surface area (Å²) in [5.41, 5.74) is 0. The number of aliphatic carboxylic acids is 1. The number of carboxylic acids is 1. The van der Waals surface area contributed by atoms with Crippen LogP contribution in [0, 0.1) is 5.92 Å². The second kappa shape index (κ2) is 9.21. The largest absolute Gasteiger partial charge is 0.481 e. The van der Waals surface area contributed by atoms with E-state index in [4.69, 9.17) is 5.11 Å². The lowest BCUT2D eigenvalue weighted by atomic mass is 10.1. The number of carboxylic acid groups (broad SMARTS) is 1. The summed E-state index contributed by atoms with van der Waals surface area (Å²) in [6, 6.07) is 0. The molecule has 11 heavy (non-hydrogen) atoms. The molecule has 0 aromatic carbocycles. The van der Waals surface area contributed by atoms with E-state index in [0.717, 1.165) is 12.3 Å². The molecule has 0 fully saturated rings. The zero-order valence-corrected chi connectivity index (χ0v) is 7.63. The summed E-state index contributed by atoms with van der Waals surface area (Å²) in [6.07, 6.45) is 3.31. The second-order valence-corrected chi connectivity index (χ2v) is 2.67. The topological polar surface area (TPSA) is 37.3 Å². The Morgan fingerprint density at radius 3 is 2.00 bits per heavy atom. The molecule has 0 radical (unpaired) electrons. The molecule has 1 N–H and O–H groups in total. The molecular weight excluding hydrogens is 140 g/mol. The molecule has 0 atom stereocenters. The normalized spacial score (nSPS) is 8.36. The molecule has 0 amide bonds. The lowest BCUT2D eigenvalue weighted by Crippen LogP contribution is -1.86. The average Bonchev–Trinajstić information content (AvgIpc) is 1.89. The minimum atomic E-state index is -0.745. The van der Waals surface area contributed by atoms with Gasteiger partial charge in [-0.3, -0.25) is 4.79 Å². The molecule has 0 aliphatic carbocycles. The Kier molecular flexibility index (Phi) is 10.8.